The predicted octanol–water partition coefficient (Wildman–Crippen LogP) is 3.62. The second-order valence-corrected chi connectivity index (χ2v) is 6.60. The predicted molar refractivity (Wildman–Crippen MR) is 113 cm³/mol. The number of urea groups is 1. The van der Waals surface area contributed by atoms with Crippen LogP contribution >= 0.6 is 0 Å². The number of hydrogen-bond acceptors (Lipinski definition) is 5. The van der Waals surface area contributed by atoms with Crippen LogP contribution in [-0.2, 0) is 4.74 Å². The summed E-state index contributed by atoms with van der Waals surface area (Å²) in [6.07, 6.45) is 0. The third kappa shape index (κ3) is 5.19. The molecule has 29 heavy (non-hydrogen) atoms. The first-order valence-corrected chi connectivity index (χ1v) is 9.92. The van der Waals surface area contributed by atoms with E-state index in [9.17, 15) is 9.59 Å². The molecule has 7 heteroatoms. The number of anilines is 2. The van der Waals surface area contributed by atoms with E-state index in [1.165, 1.54) is 0 Å². The van der Waals surface area contributed by atoms with Crippen LogP contribution in [0.5, 0.6) is 5.75 Å². The molecule has 1 heterocycles. The Labute approximate surface area is 171 Å². The van der Waals surface area contributed by atoms with E-state index in [1.54, 1.807) is 36.1 Å². The fourth-order valence-electron chi connectivity index (χ4n) is 3.25. The van der Waals surface area contributed by atoms with Crippen molar-refractivity contribution >= 4 is 23.4 Å². The average molecular weight is 397 g/mol. The highest BCUT2D eigenvalue weighted by molar-refractivity contribution is 5.92. The number of ether oxygens (including phenoxy) is 2. The molecule has 3 rings (SSSR count). The van der Waals surface area contributed by atoms with Crippen LogP contribution in [0.25, 0.3) is 0 Å². The Morgan fingerprint density at radius 1 is 0.931 bits per heavy atom. The molecule has 7 nitrogen and oxygen atoms in total. The third-order valence-electron chi connectivity index (χ3n) is 4.72. The van der Waals surface area contributed by atoms with Crippen molar-refractivity contribution in [3.63, 3.8) is 0 Å². The number of piperazine rings is 1. The van der Waals surface area contributed by atoms with E-state index in [0.717, 1.165) is 24.5 Å². The van der Waals surface area contributed by atoms with Gasteiger partial charge in [0, 0.05) is 31.9 Å². The summed E-state index contributed by atoms with van der Waals surface area (Å²) in [5.74, 6) is 0.503. The van der Waals surface area contributed by atoms with E-state index in [0.29, 0.717) is 37.6 Å². The third-order valence-corrected chi connectivity index (χ3v) is 4.72. The lowest BCUT2D eigenvalue weighted by Crippen LogP contribution is -2.50. The zero-order valence-electron chi connectivity index (χ0n) is 16.9. The minimum atomic E-state index is -0.367. The zero-order valence-corrected chi connectivity index (χ0v) is 16.9. The largest absolute Gasteiger partial charge is 0.492 e. The molecule has 0 unspecified atom stereocenters. The molecule has 0 spiro atoms. The summed E-state index contributed by atoms with van der Waals surface area (Å²) in [5.41, 5.74) is 2.17. The Bertz CT molecular complexity index is 830. The molecule has 1 fully saturated rings. The maximum atomic E-state index is 12.6. The maximum absolute atomic E-state index is 12.6. The molecule has 1 N–H and O–H groups in total. The van der Waals surface area contributed by atoms with Gasteiger partial charge in [0.25, 0.3) is 0 Å². The van der Waals surface area contributed by atoms with Gasteiger partial charge in [-0.1, -0.05) is 12.1 Å². The minimum absolute atomic E-state index is 0.147. The van der Waals surface area contributed by atoms with Gasteiger partial charge in [-0.25, -0.2) is 9.59 Å². The number of carbonyl (C=O) groups excluding carboxylic acids is 2. The van der Waals surface area contributed by atoms with Gasteiger partial charge in [-0.15, -0.1) is 0 Å². The second kappa shape index (κ2) is 9.82. The molecule has 2 aromatic rings. The number of nitrogens with one attached hydrogen (secondary N) is 1. The molecule has 0 atom stereocenters. The molecule has 0 bridgehead atoms. The van der Waals surface area contributed by atoms with E-state index in [4.69, 9.17) is 9.47 Å². The van der Waals surface area contributed by atoms with Crippen LogP contribution in [-0.4, -0.2) is 56.3 Å². The Balaban J connectivity index is 1.55. The van der Waals surface area contributed by atoms with Crippen molar-refractivity contribution in [3.8, 4) is 5.75 Å². The van der Waals surface area contributed by atoms with Gasteiger partial charge in [-0.3, -0.25) is 0 Å². The van der Waals surface area contributed by atoms with Gasteiger partial charge in [0.05, 0.1) is 24.5 Å². The molecule has 2 aromatic carbocycles. The first-order chi connectivity index (χ1) is 14.1. The molecule has 0 saturated carbocycles. The number of rotatable bonds is 6. The Morgan fingerprint density at radius 3 is 2.28 bits per heavy atom. The van der Waals surface area contributed by atoms with E-state index >= 15 is 0 Å². The molecule has 0 aromatic heterocycles. The van der Waals surface area contributed by atoms with E-state index in [2.05, 4.69) is 10.2 Å². The van der Waals surface area contributed by atoms with Crippen LogP contribution in [0.3, 0.4) is 0 Å². The standard InChI is InChI=1S/C22H27N3O4/c1-3-28-20-8-6-5-7-19(20)24-13-15-25(16-14-24)22(27)23-18-11-9-17(10-12-18)21(26)29-4-2/h5-12H,3-4,13-16H2,1-2H3,(H,23,27). The number of esters is 1. The quantitative estimate of drug-likeness (QED) is 0.754. The molecule has 1 aliphatic heterocycles. The molecular weight excluding hydrogens is 370 g/mol. The number of amides is 2. The van der Waals surface area contributed by atoms with Gasteiger partial charge in [0.15, 0.2) is 0 Å². The highest BCUT2D eigenvalue weighted by Crippen LogP contribution is 2.28. The lowest BCUT2D eigenvalue weighted by atomic mass is 10.2. The van der Waals surface area contributed by atoms with Gasteiger partial charge in [0.2, 0.25) is 0 Å². The van der Waals surface area contributed by atoms with Crippen molar-refractivity contribution in [2.75, 3.05) is 49.6 Å². The zero-order chi connectivity index (χ0) is 20.6. The summed E-state index contributed by atoms with van der Waals surface area (Å²) in [4.78, 5) is 28.3. The summed E-state index contributed by atoms with van der Waals surface area (Å²) in [5, 5.41) is 2.89. The van der Waals surface area contributed by atoms with Crippen LogP contribution in [0, 0.1) is 0 Å². The lowest BCUT2D eigenvalue weighted by molar-refractivity contribution is 0.0526. The van der Waals surface area contributed by atoms with Crippen molar-refractivity contribution < 1.29 is 19.1 Å². The van der Waals surface area contributed by atoms with Gasteiger partial charge >= 0.3 is 12.0 Å². The van der Waals surface area contributed by atoms with Crippen LogP contribution in [0.1, 0.15) is 24.2 Å². The molecule has 0 radical (unpaired) electrons. The topological polar surface area (TPSA) is 71.1 Å². The molecule has 2 amide bonds. The van der Waals surface area contributed by atoms with Crippen LogP contribution in [0.4, 0.5) is 16.2 Å². The Morgan fingerprint density at radius 2 is 1.62 bits per heavy atom. The first kappa shape index (κ1) is 20.5. The highest BCUT2D eigenvalue weighted by atomic mass is 16.5. The fourth-order valence-corrected chi connectivity index (χ4v) is 3.25. The van der Waals surface area contributed by atoms with E-state index in [-0.39, 0.29) is 12.0 Å². The fraction of sp³-hybridized carbons (Fsp3) is 0.364. The van der Waals surface area contributed by atoms with Gasteiger partial charge in [-0.2, -0.15) is 0 Å². The van der Waals surface area contributed by atoms with E-state index < -0.39 is 0 Å². The molecule has 1 saturated heterocycles. The molecule has 0 aliphatic carbocycles. The number of hydrogen-bond donors (Lipinski definition) is 1. The monoisotopic (exact) mass is 397 g/mol. The van der Waals surface area contributed by atoms with Crippen LogP contribution in [0.15, 0.2) is 48.5 Å². The first-order valence-electron chi connectivity index (χ1n) is 9.92. The summed E-state index contributed by atoms with van der Waals surface area (Å²) < 4.78 is 10.7. The van der Waals surface area contributed by atoms with Crippen LogP contribution in [0.2, 0.25) is 0 Å². The summed E-state index contributed by atoms with van der Waals surface area (Å²) in [6, 6.07) is 14.5. The summed E-state index contributed by atoms with van der Waals surface area (Å²) in [6.45, 7) is 7.39. The van der Waals surface area contributed by atoms with Crippen molar-refractivity contribution in [1.82, 2.24) is 4.90 Å². The summed E-state index contributed by atoms with van der Waals surface area (Å²) in [7, 11) is 0. The number of para-hydroxylation sites is 2. The minimum Gasteiger partial charge on any atom is -0.492 e. The molecule has 1 aliphatic rings. The van der Waals surface area contributed by atoms with Crippen molar-refractivity contribution in [2.24, 2.45) is 0 Å². The van der Waals surface area contributed by atoms with Crippen molar-refractivity contribution in [1.29, 1.82) is 0 Å². The van der Waals surface area contributed by atoms with E-state index in [1.807, 2.05) is 31.2 Å². The van der Waals surface area contributed by atoms with Gasteiger partial charge in [-0.05, 0) is 50.2 Å². The smallest absolute Gasteiger partial charge is 0.338 e. The number of nitrogens with zero attached hydrogens (tertiary/aromatic N) is 2. The van der Waals surface area contributed by atoms with Crippen molar-refractivity contribution in [3.05, 3.63) is 54.1 Å². The Kier molecular flexibility index (Phi) is 6.94. The SMILES string of the molecule is CCOC(=O)c1ccc(NC(=O)N2CCN(c3ccccc3OCC)CC2)cc1. The summed E-state index contributed by atoms with van der Waals surface area (Å²) >= 11 is 0. The Hall–Kier alpha value is -3.22. The molecular formula is C22H27N3O4. The number of benzene rings is 2. The van der Waals surface area contributed by atoms with Crippen molar-refractivity contribution in [2.45, 2.75) is 13.8 Å². The number of carbonyl (C=O) groups is 2. The lowest BCUT2D eigenvalue weighted by Gasteiger charge is -2.36. The second-order valence-electron chi connectivity index (χ2n) is 6.60. The van der Waals surface area contributed by atoms with Gasteiger partial charge < -0.3 is 24.6 Å². The normalized spacial score (nSPS) is 13.7. The molecule has 154 valence electrons. The maximum Gasteiger partial charge on any atom is 0.338 e. The van der Waals surface area contributed by atoms with Crippen LogP contribution < -0.4 is 15.0 Å². The average Bonchev–Trinajstić information content (AvgIpc) is 2.75. The van der Waals surface area contributed by atoms with Gasteiger partial charge in [0.1, 0.15) is 5.75 Å². The highest BCUT2D eigenvalue weighted by Gasteiger charge is 2.23.